The molecule has 1 aromatic rings. The normalized spacial score (nSPS) is 9.36. The van der Waals surface area contributed by atoms with Crippen LogP contribution in [-0.2, 0) is 0 Å². The molecule has 0 bridgehead atoms. The summed E-state index contributed by atoms with van der Waals surface area (Å²) < 4.78 is 6.20. The van der Waals surface area contributed by atoms with E-state index >= 15 is 0 Å². The summed E-state index contributed by atoms with van der Waals surface area (Å²) in [5, 5.41) is 8.32. The van der Waals surface area contributed by atoms with E-state index in [4.69, 9.17) is 9.68 Å². The maximum atomic E-state index is 8.32. The van der Waals surface area contributed by atoms with Gasteiger partial charge in [0.2, 0.25) is 0 Å². The van der Waals surface area contributed by atoms with E-state index in [9.17, 15) is 0 Å². The Hall–Kier alpha value is 0.185. The zero-order valence-electron chi connectivity index (χ0n) is 5.29. The van der Waals surface area contributed by atoms with Crippen molar-refractivity contribution < 1.29 is 9.68 Å². The molecule has 11 heavy (non-hydrogen) atoms. The van der Waals surface area contributed by atoms with Crippen molar-refractivity contribution in [3.05, 3.63) is 20.4 Å². The zero-order chi connectivity index (χ0) is 8.27. The summed E-state index contributed by atoms with van der Waals surface area (Å²) >= 11 is 5.25. The highest BCUT2D eigenvalue weighted by atomic mass is 127. The summed E-state index contributed by atoms with van der Waals surface area (Å²) in [5.74, 6) is 0.554. The molecule has 0 aliphatic heterocycles. The number of rotatable bonds is 2. The molecular formula is C5H3BBrINO2. The second-order valence-electron chi connectivity index (χ2n) is 1.67. The number of nitrogens with zero attached hydrogens (tertiary/aromatic N) is 1. The Kier molecular flexibility index (Phi) is 3.60. The molecule has 57 valence electrons. The van der Waals surface area contributed by atoms with E-state index in [-0.39, 0.29) is 0 Å². The minimum absolute atomic E-state index is 0.554. The first-order chi connectivity index (χ1) is 5.22. The molecule has 0 fully saturated rings. The fourth-order valence-corrected chi connectivity index (χ4v) is 1.89. The van der Waals surface area contributed by atoms with E-state index in [0.717, 1.165) is 3.70 Å². The van der Waals surface area contributed by atoms with E-state index in [0.29, 0.717) is 18.0 Å². The standard InChI is InChI=1S/C5H3BBrINO2/c7-4-1-3(11-6-10)2-5(8)9-4/h1-2,10H. The summed E-state index contributed by atoms with van der Waals surface area (Å²) in [4.78, 5) is 4.04. The first kappa shape index (κ1) is 9.27. The second kappa shape index (κ2) is 4.27. The molecule has 0 atom stereocenters. The van der Waals surface area contributed by atoms with Crippen LogP contribution in [0.15, 0.2) is 16.7 Å². The molecule has 0 spiro atoms. The predicted molar refractivity (Wildman–Crippen MR) is 53.3 cm³/mol. The summed E-state index contributed by atoms with van der Waals surface area (Å²) in [5.41, 5.74) is 0. The minimum atomic E-state index is 0.554. The van der Waals surface area contributed by atoms with Crippen molar-refractivity contribution in [2.45, 2.75) is 0 Å². The van der Waals surface area contributed by atoms with Gasteiger partial charge >= 0.3 is 7.69 Å². The van der Waals surface area contributed by atoms with Gasteiger partial charge in [0.1, 0.15) is 14.1 Å². The van der Waals surface area contributed by atoms with Gasteiger partial charge in [0.25, 0.3) is 0 Å². The lowest BCUT2D eigenvalue weighted by molar-refractivity contribution is 0.453. The first-order valence-electron chi connectivity index (χ1n) is 2.68. The van der Waals surface area contributed by atoms with Crippen molar-refractivity contribution in [3.63, 3.8) is 0 Å². The average Bonchev–Trinajstić information content (AvgIpc) is 1.85. The van der Waals surface area contributed by atoms with Gasteiger partial charge in [-0.3, -0.25) is 0 Å². The SMILES string of the molecule is O[B]Oc1cc(Br)nc(I)c1. The Balaban J connectivity index is 2.89. The van der Waals surface area contributed by atoms with E-state index < -0.39 is 0 Å². The van der Waals surface area contributed by atoms with Crippen molar-refractivity contribution in [3.8, 4) is 5.75 Å². The van der Waals surface area contributed by atoms with Crippen molar-refractivity contribution in [1.29, 1.82) is 0 Å². The summed E-state index contributed by atoms with van der Waals surface area (Å²) in [6.07, 6.45) is 0. The van der Waals surface area contributed by atoms with Crippen LogP contribution in [0.3, 0.4) is 0 Å². The molecule has 0 amide bonds. The van der Waals surface area contributed by atoms with Crippen LogP contribution in [0.25, 0.3) is 0 Å². The number of pyridine rings is 1. The molecule has 0 saturated carbocycles. The molecule has 0 unspecified atom stereocenters. The molecule has 0 aliphatic carbocycles. The summed E-state index contributed by atoms with van der Waals surface area (Å²) in [7, 11) is 0.637. The highest BCUT2D eigenvalue weighted by molar-refractivity contribution is 14.1. The Morgan fingerprint density at radius 3 is 2.91 bits per heavy atom. The monoisotopic (exact) mass is 326 g/mol. The molecule has 1 aromatic heterocycles. The number of aromatic nitrogens is 1. The van der Waals surface area contributed by atoms with Gasteiger partial charge in [-0.05, 0) is 38.5 Å². The Bertz CT molecular complexity index is 240. The van der Waals surface area contributed by atoms with Crippen LogP contribution in [0.5, 0.6) is 5.75 Å². The topological polar surface area (TPSA) is 42.4 Å². The van der Waals surface area contributed by atoms with Gasteiger partial charge in [-0.25, -0.2) is 4.98 Å². The lowest BCUT2D eigenvalue weighted by Gasteiger charge is -2.01. The third kappa shape index (κ3) is 2.96. The first-order valence-corrected chi connectivity index (χ1v) is 4.55. The van der Waals surface area contributed by atoms with E-state index in [1.807, 2.05) is 0 Å². The van der Waals surface area contributed by atoms with Gasteiger partial charge in [-0.1, -0.05) is 0 Å². The minimum Gasteiger partial charge on any atom is -0.537 e. The maximum Gasteiger partial charge on any atom is 0.569 e. The van der Waals surface area contributed by atoms with Crippen LogP contribution < -0.4 is 4.65 Å². The summed E-state index contributed by atoms with van der Waals surface area (Å²) in [6.45, 7) is 0. The highest BCUT2D eigenvalue weighted by Crippen LogP contribution is 2.18. The van der Waals surface area contributed by atoms with Crippen molar-refractivity contribution in [1.82, 2.24) is 4.98 Å². The van der Waals surface area contributed by atoms with E-state index in [1.165, 1.54) is 0 Å². The third-order valence-corrected chi connectivity index (χ3v) is 1.88. The average molecular weight is 327 g/mol. The van der Waals surface area contributed by atoms with Crippen LogP contribution in [0, 0.1) is 3.70 Å². The number of hydrogen-bond donors (Lipinski definition) is 1. The quantitative estimate of drug-likeness (QED) is 0.507. The molecule has 3 nitrogen and oxygen atoms in total. The van der Waals surface area contributed by atoms with Crippen LogP contribution in [0.1, 0.15) is 0 Å². The molecule has 0 aromatic carbocycles. The second-order valence-corrected chi connectivity index (χ2v) is 3.59. The smallest absolute Gasteiger partial charge is 0.537 e. The van der Waals surface area contributed by atoms with Gasteiger partial charge in [0.15, 0.2) is 0 Å². The Morgan fingerprint density at radius 1 is 1.64 bits per heavy atom. The predicted octanol–water partition coefficient (Wildman–Crippen LogP) is 1.35. The highest BCUT2D eigenvalue weighted by Gasteiger charge is 1.99. The molecule has 6 heteroatoms. The van der Waals surface area contributed by atoms with Crippen LogP contribution in [-0.4, -0.2) is 17.7 Å². The molecule has 1 rings (SSSR count). The van der Waals surface area contributed by atoms with Crippen molar-refractivity contribution in [2.75, 3.05) is 0 Å². The fraction of sp³-hybridized carbons (Fsp3) is 0. The van der Waals surface area contributed by atoms with Crippen molar-refractivity contribution >= 4 is 46.2 Å². The van der Waals surface area contributed by atoms with Gasteiger partial charge in [-0.2, -0.15) is 0 Å². The zero-order valence-corrected chi connectivity index (χ0v) is 9.03. The van der Waals surface area contributed by atoms with Crippen LogP contribution >= 0.6 is 38.5 Å². The van der Waals surface area contributed by atoms with Gasteiger partial charge < -0.3 is 9.68 Å². The largest absolute Gasteiger partial charge is 0.569 e. The fourth-order valence-electron chi connectivity index (χ4n) is 0.572. The van der Waals surface area contributed by atoms with E-state index in [2.05, 4.69) is 43.5 Å². The van der Waals surface area contributed by atoms with Gasteiger partial charge in [0.05, 0.1) is 0 Å². The lowest BCUT2D eigenvalue weighted by Crippen LogP contribution is -2.00. The Labute approximate surface area is 86.7 Å². The molecule has 1 heterocycles. The third-order valence-electron chi connectivity index (χ3n) is 0.925. The van der Waals surface area contributed by atoms with Crippen LogP contribution in [0.4, 0.5) is 0 Å². The Morgan fingerprint density at radius 2 is 2.36 bits per heavy atom. The maximum absolute atomic E-state index is 8.32. The molecule has 0 aliphatic rings. The van der Waals surface area contributed by atoms with Crippen molar-refractivity contribution in [2.24, 2.45) is 0 Å². The molecule has 1 N–H and O–H groups in total. The number of halogens is 2. The van der Waals surface area contributed by atoms with Crippen LogP contribution in [0.2, 0.25) is 0 Å². The lowest BCUT2D eigenvalue weighted by atomic mass is 10.4. The summed E-state index contributed by atoms with van der Waals surface area (Å²) in [6, 6.07) is 3.37. The van der Waals surface area contributed by atoms with E-state index in [1.54, 1.807) is 12.1 Å². The number of hydrogen-bond acceptors (Lipinski definition) is 3. The molecule has 0 saturated heterocycles. The van der Waals surface area contributed by atoms with Gasteiger partial charge in [0, 0.05) is 12.1 Å². The molecular weight excluding hydrogens is 324 g/mol. The van der Waals surface area contributed by atoms with Gasteiger partial charge in [-0.15, -0.1) is 0 Å². The molecule has 1 radical (unpaired) electrons.